The van der Waals surface area contributed by atoms with Crippen molar-refractivity contribution in [2.75, 3.05) is 6.61 Å². The minimum atomic E-state index is -1.56. The van der Waals surface area contributed by atoms with Crippen LogP contribution >= 0.6 is 0 Å². The first-order chi connectivity index (χ1) is 7.24. The number of hydrogen-bond donors (Lipinski definition) is 1. The first-order valence-electron chi connectivity index (χ1n) is 4.80. The Kier molecular flexibility index (Phi) is 4.63. The lowest BCUT2D eigenvalue weighted by atomic mass is 10.3. The fourth-order valence-corrected chi connectivity index (χ4v) is 0.950. The van der Waals surface area contributed by atoms with Crippen molar-refractivity contribution in [3.8, 4) is 5.75 Å². The van der Waals surface area contributed by atoms with Gasteiger partial charge in [-0.3, -0.25) is 0 Å². The quantitative estimate of drug-likeness (QED) is 0.588. The van der Waals surface area contributed by atoms with Gasteiger partial charge in [-0.15, -0.1) is 0 Å². The summed E-state index contributed by atoms with van der Waals surface area (Å²) in [7, 11) is 0. The van der Waals surface area contributed by atoms with Crippen LogP contribution in [0.4, 0.5) is 0 Å². The molecule has 0 spiro atoms. The first-order valence-corrected chi connectivity index (χ1v) is 4.80. The highest BCUT2D eigenvalue weighted by molar-refractivity contribution is 5.73. The van der Waals surface area contributed by atoms with Gasteiger partial charge in [0.1, 0.15) is 5.75 Å². The summed E-state index contributed by atoms with van der Waals surface area (Å²) in [5.41, 5.74) is 0. The zero-order valence-corrected chi connectivity index (χ0v) is 8.55. The molecule has 1 N–H and O–H groups in total. The van der Waals surface area contributed by atoms with E-state index in [9.17, 15) is 9.90 Å². The Morgan fingerprint density at radius 1 is 1.40 bits per heavy atom. The molecule has 0 saturated carbocycles. The third-order valence-corrected chi connectivity index (χ3v) is 1.64. The van der Waals surface area contributed by atoms with Gasteiger partial charge >= 0.3 is 5.97 Å². The van der Waals surface area contributed by atoms with Gasteiger partial charge in [-0.2, -0.15) is 0 Å². The predicted octanol–water partition coefficient (Wildman–Crippen LogP) is 1.34. The van der Waals surface area contributed by atoms with Crippen molar-refractivity contribution in [2.45, 2.75) is 19.6 Å². The van der Waals surface area contributed by atoms with Crippen LogP contribution in [0, 0.1) is 0 Å². The molecule has 0 radical (unpaired) electrons. The summed E-state index contributed by atoms with van der Waals surface area (Å²) in [6.07, 6.45) is -0.844. The zero-order chi connectivity index (χ0) is 11.1. The van der Waals surface area contributed by atoms with E-state index < -0.39 is 12.3 Å². The molecule has 1 unspecified atom stereocenters. The molecule has 4 heteroatoms. The molecule has 1 rings (SSSR count). The van der Waals surface area contributed by atoms with Crippen LogP contribution in [0.15, 0.2) is 30.3 Å². The van der Waals surface area contributed by atoms with Crippen molar-refractivity contribution in [2.24, 2.45) is 0 Å². The average Bonchev–Trinajstić information content (AvgIpc) is 2.27. The second-order valence-corrected chi connectivity index (χ2v) is 2.95. The summed E-state index contributed by atoms with van der Waals surface area (Å²) in [5.74, 6) is -0.334. The molecule has 1 atom stereocenters. The zero-order valence-electron chi connectivity index (χ0n) is 8.55. The van der Waals surface area contributed by atoms with Gasteiger partial charge in [0.25, 0.3) is 6.29 Å². The highest BCUT2D eigenvalue weighted by atomic mass is 16.6. The van der Waals surface area contributed by atoms with Crippen molar-refractivity contribution in [3.63, 3.8) is 0 Å². The van der Waals surface area contributed by atoms with Crippen molar-refractivity contribution >= 4 is 5.97 Å². The molecule has 0 fully saturated rings. The van der Waals surface area contributed by atoms with Crippen molar-refractivity contribution in [1.29, 1.82) is 0 Å². The maximum absolute atomic E-state index is 11.1. The van der Waals surface area contributed by atoms with Gasteiger partial charge in [-0.1, -0.05) is 25.1 Å². The van der Waals surface area contributed by atoms with E-state index in [-0.39, 0.29) is 6.61 Å². The number of aliphatic hydroxyl groups excluding tert-OH is 1. The Bertz CT molecular complexity index is 297. The van der Waals surface area contributed by atoms with Crippen LogP contribution in [-0.2, 0) is 9.53 Å². The number of esters is 1. The standard InChI is InChI=1S/C11H14O4/c1-2-8-14-10(12)11(13)15-9-6-4-3-5-7-9/h3-7,11,13H,2,8H2,1H3. The van der Waals surface area contributed by atoms with Gasteiger partial charge in [0.2, 0.25) is 0 Å². The van der Waals surface area contributed by atoms with Crippen LogP contribution in [0.1, 0.15) is 13.3 Å². The number of carbonyl (C=O) groups is 1. The lowest BCUT2D eigenvalue weighted by Gasteiger charge is -2.11. The predicted molar refractivity (Wildman–Crippen MR) is 54.3 cm³/mol. The van der Waals surface area contributed by atoms with Crippen molar-refractivity contribution in [3.05, 3.63) is 30.3 Å². The average molecular weight is 210 g/mol. The van der Waals surface area contributed by atoms with E-state index in [0.717, 1.165) is 0 Å². The SMILES string of the molecule is CCCOC(=O)C(O)Oc1ccccc1. The van der Waals surface area contributed by atoms with Gasteiger partial charge in [0.05, 0.1) is 6.61 Å². The first kappa shape index (κ1) is 11.5. The second-order valence-electron chi connectivity index (χ2n) is 2.95. The molecule has 0 saturated heterocycles. The molecule has 0 aliphatic rings. The topological polar surface area (TPSA) is 55.8 Å². The molecule has 1 aromatic rings. The smallest absolute Gasteiger partial charge is 0.376 e. The minimum absolute atomic E-state index is 0.286. The molecule has 4 nitrogen and oxygen atoms in total. The molecule has 0 aromatic heterocycles. The second kappa shape index (κ2) is 6.03. The Labute approximate surface area is 88.4 Å². The molecule has 0 amide bonds. The Balaban J connectivity index is 2.41. The Morgan fingerprint density at radius 3 is 2.67 bits per heavy atom. The number of hydrogen-bond acceptors (Lipinski definition) is 4. The highest BCUT2D eigenvalue weighted by Crippen LogP contribution is 2.10. The number of para-hydroxylation sites is 1. The lowest BCUT2D eigenvalue weighted by molar-refractivity contribution is -0.169. The van der Waals surface area contributed by atoms with Crippen molar-refractivity contribution < 1.29 is 19.4 Å². The van der Waals surface area contributed by atoms with E-state index in [4.69, 9.17) is 9.47 Å². The molecule has 0 heterocycles. The van der Waals surface area contributed by atoms with Crippen molar-refractivity contribution in [1.82, 2.24) is 0 Å². The molecule has 82 valence electrons. The van der Waals surface area contributed by atoms with Crippen LogP contribution in [-0.4, -0.2) is 24.0 Å². The summed E-state index contributed by atoms with van der Waals surface area (Å²) >= 11 is 0. The summed E-state index contributed by atoms with van der Waals surface area (Å²) in [6, 6.07) is 8.61. The number of carbonyl (C=O) groups excluding carboxylic acids is 1. The number of aliphatic hydroxyl groups is 1. The largest absolute Gasteiger partial charge is 0.461 e. The van der Waals surface area contributed by atoms with E-state index in [2.05, 4.69) is 0 Å². The Hall–Kier alpha value is -1.55. The molecular weight excluding hydrogens is 196 g/mol. The molecule has 0 aliphatic heterocycles. The minimum Gasteiger partial charge on any atom is -0.461 e. The van der Waals surface area contributed by atoms with Crippen LogP contribution in [0.3, 0.4) is 0 Å². The summed E-state index contributed by atoms with van der Waals surface area (Å²) in [5, 5.41) is 9.30. The number of benzene rings is 1. The fraction of sp³-hybridized carbons (Fsp3) is 0.364. The van der Waals surface area contributed by atoms with E-state index in [1.807, 2.05) is 13.0 Å². The van der Waals surface area contributed by atoms with E-state index in [1.54, 1.807) is 24.3 Å². The molecular formula is C11H14O4. The van der Waals surface area contributed by atoms with E-state index in [0.29, 0.717) is 12.2 Å². The number of ether oxygens (including phenoxy) is 2. The molecule has 0 aliphatic carbocycles. The highest BCUT2D eigenvalue weighted by Gasteiger charge is 2.17. The lowest BCUT2D eigenvalue weighted by Crippen LogP contribution is -2.29. The van der Waals surface area contributed by atoms with Gasteiger partial charge in [0, 0.05) is 0 Å². The van der Waals surface area contributed by atoms with Gasteiger partial charge in [-0.05, 0) is 18.6 Å². The van der Waals surface area contributed by atoms with Gasteiger partial charge in [0.15, 0.2) is 0 Å². The third kappa shape index (κ3) is 3.99. The van der Waals surface area contributed by atoms with Crippen LogP contribution in [0.2, 0.25) is 0 Å². The summed E-state index contributed by atoms with van der Waals surface area (Å²) in [4.78, 5) is 11.1. The van der Waals surface area contributed by atoms with E-state index >= 15 is 0 Å². The van der Waals surface area contributed by atoms with Crippen LogP contribution in [0.5, 0.6) is 5.75 Å². The summed E-state index contributed by atoms with van der Waals surface area (Å²) in [6.45, 7) is 2.16. The van der Waals surface area contributed by atoms with Crippen LogP contribution in [0.25, 0.3) is 0 Å². The maximum Gasteiger partial charge on any atom is 0.376 e. The molecule has 15 heavy (non-hydrogen) atoms. The monoisotopic (exact) mass is 210 g/mol. The molecule has 0 bridgehead atoms. The Morgan fingerprint density at radius 2 is 2.07 bits per heavy atom. The normalized spacial score (nSPS) is 11.9. The van der Waals surface area contributed by atoms with Gasteiger partial charge < -0.3 is 14.6 Å². The van der Waals surface area contributed by atoms with Gasteiger partial charge in [-0.25, -0.2) is 4.79 Å². The third-order valence-electron chi connectivity index (χ3n) is 1.64. The van der Waals surface area contributed by atoms with Crippen LogP contribution < -0.4 is 4.74 Å². The van der Waals surface area contributed by atoms with E-state index in [1.165, 1.54) is 0 Å². The molecule has 1 aromatic carbocycles. The maximum atomic E-state index is 11.1. The number of rotatable bonds is 5. The summed E-state index contributed by atoms with van der Waals surface area (Å²) < 4.78 is 9.67. The fourth-order valence-electron chi connectivity index (χ4n) is 0.950.